The Labute approximate surface area is 81.2 Å². The largest absolute Gasteiger partial charge is 0.523 e. The summed E-state index contributed by atoms with van der Waals surface area (Å²) in [7, 11) is 0. The van der Waals surface area contributed by atoms with E-state index in [4.69, 9.17) is 11.1 Å². The molecule has 0 aliphatic heterocycles. The molecule has 1 aromatic heterocycles. The molecule has 0 amide bonds. The van der Waals surface area contributed by atoms with E-state index in [2.05, 4.69) is 20.3 Å². The minimum absolute atomic E-state index is 0.106. The van der Waals surface area contributed by atoms with Crippen molar-refractivity contribution in [3.63, 3.8) is 0 Å². The first-order valence-electron chi connectivity index (χ1n) is 3.58. The van der Waals surface area contributed by atoms with E-state index in [-0.39, 0.29) is 10.2 Å². The maximum Gasteiger partial charge on any atom is 0.523 e. The molecule has 0 saturated carbocycles. The van der Waals surface area contributed by atoms with Crippen LogP contribution >= 0.6 is 0 Å². The summed E-state index contributed by atoms with van der Waals surface area (Å²) >= 11 is 0. The van der Waals surface area contributed by atoms with Crippen LogP contribution < -0.4 is 11.2 Å². The van der Waals surface area contributed by atoms with E-state index < -0.39 is 11.2 Å². The van der Waals surface area contributed by atoms with Gasteiger partial charge in [0.1, 0.15) is 6.20 Å². The van der Waals surface area contributed by atoms with E-state index in [0.717, 1.165) is 6.20 Å². The Kier molecular flexibility index (Phi) is 2.77. The van der Waals surface area contributed by atoms with Crippen LogP contribution in [0.2, 0.25) is 0 Å². The van der Waals surface area contributed by atoms with Gasteiger partial charge in [-0.2, -0.15) is 14.6 Å². The molecule has 0 radical (unpaired) electrons. The van der Waals surface area contributed by atoms with Crippen molar-refractivity contribution in [2.24, 2.45) is 10.4 Å². The number of aryl methyl sites for hydroxylation is 1. The van der Waals surface area contributed by atoms with E-state index in [1.165, 1.54) is 6.92 Å². The molecule has 0 bridgehead atoms. The van der Waals surface area contributed by atoms with Crippen molar-refractivity contribution in [2.75, 3.05) is 0 Å². The Morgan fingerprint density at radius 2 is 1.87 bits per heavy atom. The van der Waals surface area contributed by atoms with Gasteiger partial charge in [0.05, 0.1) is 5.56 Å². The predicted octanol–water partition coefficient (Wildman–Crippen LogP) is 0.465. The van der Waals surface area contributed by atoms with Crippen LogP contribution in [0.3, 0.4) is 0 Å². The van der Waals surface area contributed by atoms with Gasteiger partial charge in [-0.05, 0) is 12.1 Å². The van der Waals surface area contributed by atoms with Gasteiger partial charge in [0.15, 0.2) is 0 Å². The molecule has 10 nitrogen and oxygen atoms in total. The first-order valence-corrected chi connectivity index (χ1v) is 3.58. The van der Waals surface area contributed by atoms with Crippen LogP contribution in [0.4, 0.5) is 0 Å². The molecule has 10 heteroatoms. The molecule has 0 spiro atoms. The van der Waals surface area contributed by atoms with Crippen molar-refractivity contribution >= 4 is 0 Å². The molecule has 1 aromatic rings. The Morgan fingerprint density at radius 3 is 2.40 bits per heavy atom. The molecule has 0 aliphatic carbocycles. The zero-order valence-corrected chi connectivity index (χ0v) is 7.47. The third-order valence-corrected chi connectivity index (χ3v) is 1.49. The van der Waals surface area contributed by atoms with Crippen LogP contribution in [0.5, 0.6) is 0 Å². The lowest BCUT2D eigenvalue weighted by Crippen LogP contribution is -2.36. The van der Waals surface area contributed by atoms with Crippen LogP contribution in [0, 0.1) is 6.92 Å². The summed E-state index contributed by atoms with van der Waals surface area (Å²) in [6.07, 6.45) is 1.05. The Balaban J connectivity index is 3.79. The number of aromatic nitrogens is 2. The van der Waals surface area contributed by atoms with Crippen molar-refractivity contribution in [1.29, 1.82) is 0 Å². The van der Waals surface area contributed by atoms with E-state index >= 15 is 0 Å². The fourth-order valence-electron chi connectivity index (χ4n) is 0.871. The summed E-state index contributed by atoms with van der Waals surface area (Å²) in [6, 6.07) is 0. The summed E-state index contributed by atoms with van der Waals surface area (Å²) in [5, 5.41) is 5.87. The minimum atomic E-state index is -1.03. The fourth-order valence-corrected chi connectivity index (χ4v) is 0.871. The molecule has 76 valence electrons. The van der Waals surface area contributed by atoms with Crippen LogP contribution in [0.1, 0.15) is 5.56 Å². The molecule has 15 heavy (non-hydrogen) atoms. The lowest BCUT2D eigenvalue weighted by Gasteiger charge is -1.93. The standard InChI is InChI=1S/C5H4N8O2/c1-3-2-12(10-8-6)5(15)13(4(3)14)11-9-7/h2H,1H3. The molecule has 0 fully saturated rings. The highest BCUT2D eigenvalue weighted by atomic mass is 16.2. The average molecular weight is 208 g/mol. The smallest absolute Gasteiger partial charge is 0.240 e. The monoisotopic (exact) mass is 208 g/mol. The highest BCUT2D eigenvalue weighted by molar-refractivity contribution is 5.02. The second-order valence-electron chi connectivity index (χ2n) is 2.41. The molecule has 0 N–H and O–H groups in total. The van der Waals surface area contributed by atoms with Crippen molar-refractivity contribution in [1.82, 2.24) is 9.35 Å². The fraction of sp³-hybridized carbons (Fsp3) is 0.200. The normalized spacial score (nSPS) is 8.87. The van der Waals surface area contributed by atoms with Crippen molar-refractivity contribution < 1.29 is 0 Å². The zero-order chi connectivity index (χ0) is 11.4. The SMILES string of the molecule is Cc1cn(N=[N+]=[N-])c(=O)n(N=[N+]=[N-])c1=O. The summed E-state index contributed by atoms with van der Waals surface area (Å²) < 4.78 is 0.829. The minimum Gasteiger partial charge on any atom is -0.240 e. The molecule has 0 unspecified atom stereocenters. The lowest BCUT2D eigenvalue weighted by molar-refractivity contribution is 0.642. The van der Waals surface area contributed by atoms with Gasteiger partial charge >= 0.3 is 11.2 Å². The van der Waals surface area contributed by atoms with Gasteiger partial charge < -0.3 is 0 Å². The van der Waals surface area contributed by atoms with E-state index in [0.29, 0.717) is 4.68 Å². The predicted molar refractivity (Wildman–Crippen MR) is 48.8 cm³/mol. The van der Waals surface area contributed by atoms with Crippen molar-refractivity contribution in [2.45, 2.75) is 6.92 Å². The molecule has 1 rings (SSSR count). The van der Waals surface area contributed by atoms with E-state index in [1.54, 1.807) is 0 Å². The zero-order valence-electron chi connectivity index (χ0n) is 7.47. The molecule has 0 saturated heterocycles. The molecule has 0 aliphatic rings. The van der Waals surface area contributed by atoms with Crippen LogP contribution in [0.15, 0.2) is 26.2 Å². The summed E-state index contributed by atoms with van der Waals surface area (Å²) in [5.41, 5.74) is 14.6. The van der Waals surface area contributed by atoms with E-state index in [9.17, 15) is 9.59 Å². The Hall–Kier alpha value is -2.70. The quantitative estimate of drug-likeness (QED) is 0.395. The lowest BCUT2D eigenvalue weighted by atomic mass is 10.4. The van der Waals surface area contributed by atoms with Crippen molar-refractivity contribution in [3.8, 4) is 0 Å². The van der Waals surface area contributed by atoms with Crippen LogP contribution in [-0.4, -0.2) is 9.35 Å². The Bertz CT molecular complexity index is 596. The van der Waals surface area contributed by atoms with Gasteiger partial charge in [0.2, 0.25) is 0 Å². The number of azide groups is 2. The third kappa shape index (κ3) is 1.80. The van der Waals surface area contributed by atoms with Gasteiger partial charge in [-0.3, -0.25) is 0 Å². The number of hydrogen-bond acceptors (Lipinski definition) is 4. The molecular weight excluding hydrogens is 204 g/mol. The maximum atomic E-state index is 11.3. The molecule has 0 atom stereocenters. The van der Waals surface area contributed by atoms with Gasteiger partial charge in [-0.1, -0.05) is 4.68 Å². The molecular formula is C5H4N8O2. The number of rotatable bonds is 2. The Morgan fingerprint density at radius 1 is 1.27 bits per heavy atom. The van der Waals surface area contributed by atoms with Gasteiger partial charge in [-0.15, -0.1) is 15.7 Å². The summed E-state index contributed by atoms with van der Waals surface area (Å²) in [4.78, 5) is 27.3. The van der Waals surface area contributed by atoms with Gasteiger partial charge in [0.25, 0.3) is 0 Å². The molecule has 1 heterocycles. The first-order chi connectivity index (χ1) is 7.11. The third-order valence-electron chi connectivity index (χ3n) is 1.49. The van der Waals surface area contributed by atoms with Crippen LogP contribution in [-0.2, 0) is 0 Å². The average Bonchev–Trinajstić information content (AvgIpc) is 2.21. The number of nitrogens with zero attached hydrogens (tertiary/aromatic N) is 8. The summed E-state index contributed by atoms with van der Waals surface area (Å²) in [5.74, 6) is 0. The topological polar surface area (TPSA) is 142 Å². The van der Waals surface area contributed by atoms with Crippen molar-refractivity contribution in [3.05, 3.63) is 53.5 Å². The second kappa shape index (κ2) is 4.01. The second-order valence-corrected chi connectivity index (χ2v) is 2.41. The maximum absolute atomic E-state index is 11.3. The molecule has 0 aromatic carbocycles. The summed E-state index contributed by atoms with van der Waals surface area (Å²) in [6.45, 7) is 1.38. The van der Waals surface area contributed by atoms with Gasteiger partial charge in [-0.25, -0.2) is 4.79 Å². The van der Waals surface area contributed by atoms with Crippen LogP contribution in [0.25, 0.3) is 20.9 Å². The highest BCUT2D eigenvalue weighted by Crippen LogP contribution is 1.86. The van der Waals surface area contributed by atoms with E-state index in [1.807, 2.05) is 0 Å². The number of hydrogen-bond donors (Lipinski definition) is 0. The first kappa shape index (κ1) is 10.4. The highest BCUT2D eigenvalue weighted by Gasteiger charge is 2.14. The van der Waals surface area contributed by atoms with Gasteiger partial charge in [0, 0.05) is 5.22 Å².